The summed E-state index contributed by atoms with van der Waals surface area (Å²) in [6.07, 6.45) is 6.34. The van der Waals surface area contributed by atoms with Crippen molar-refractivity contribution in [3.8, 4) is 28.8 Å². The molecule has 0 spiro atoms. The van der Waals surface area contributed by atoms with Gasteiger partial charge in [-0.15, -0.1) is 10.2 Å². The number of nitrogens with zero attached hydrogens (tertiary/aromatic N) is 6. The third-order valence-electron chi connectivity index (χ3n) is 7.91. The SMILES string of the molecule is Nc1nnc(-c2ccccc2O)cc1N1CC2CCC(C1)N2c1ccnc(C#CCN2CCCC(N)C2)c1. The van der Waals surface area contributed by atoms with Crippen molar-refractivity contribution in [2.75, 3.05) is 48.3 Å². The minimum absolute atomic E-state index is 0.179. The van der Waals surface area contributed by atoms with Crippen LogP contribution < -0.4 is 21.3 Å². The van der Waals surface area contributed by atoms with Gasteiger partial charge >= 0.3 is 0 Å². The standard InChI is InChI=1S/C29H34N8O/c30-20-5-3-13-35(17-20)14-4-6-21-15-22(11-12-32-21)37-23-9-10-24(37)19-36(18-23)27-16-26(33-34-29(27)31)25-7-1-2-8-28(25)38/h1-2,7-8,11-12,15-16,20,23-24,38H,3,5,9-10,13-14,17-19,30H2,(H2,31,34). The number of rotatable bonds is 4. The van der Waals surface area contributed by atoms with Gasteiger partial charge in [0.15, 0.2) is 5.82 Å². The Morgan fingerprint density at radius 2 is 1.82 bits per heavy atom. The highest BCUT2D eigenvalue weighted by Gasteiger charge is 2.40. The molecule has 5 heterocycles. The largest absolute Gasteiger partial charge is 0.507 e. The topological polar surface area (TPSA) is 121 Å². The fourth-order valence-corrected chi connectivity index (χ4v) is 6.11. The number of para-hydroxylation sites is 1. The molecule has 3 aromatic rings. The zero-order chi connectivity index (χ0) is 26.1. The Labute approximate surface area is 223 Å². The second-order valence-electron chi connectivity index (χ2n) is 10.6. The van der Waals surface area contributed by atoms with Crippen LogP contribution >= 0.6 is 0 Å². The number of benzene rings is 1. The van der Waals surface area contributed by atoms with Crippen LogP contribution in [-0.2, 0) is 0 Å². The first-order chi connectivity index (χ1) is 18.5. The molecule has 9 nitrogen and oxygen atoms in total. The number of phenolic OH excluding ortho intramolecular Hbond substituents is 1. The van der Waals surface area contributed by atoms with E-state index in [2.05, 4.69) is 53.9 Å². The van der Waals surface area contributed by atoms with E-state index in [0.29, 0.717) is 29.2 Å². The van der Waals surface area contributed by atoms with E-state index < -0.39 is 0 Å². The summed E-state index contributed by atoms with van der Waals surface area (Å²) in [4.78, 5) is 11.7. The minimum atomic E-state index is 0.179. The maximum Gasteiger partial charge on any atom is 0.169 e. The molecule has 3 aliphatic rings. The van der Waals surface area contributed by atoms with E-state index in [9.17, 15) is 5.11 Å². The molecule has 5 N–H and O–H groups in total. The number of piperazine rings is 1. The smallest absolute Gasteiger partial charge is 0.169 e. The minimum Gasteiger partial charge on any atom is -0.507 e. The third kappa shape index (κ3) is 4.97. The molecule has 0 aliphatic carbocycles. The molecule has 3 aliphatic heterocycles. The Morgan fingerprint density at radius 1 is 1.00 bits per heavy atom. The number of anilines is 3. The van der Waals surface area contributed by atoms with Crippen molar-refractivity contribution in [2.45, 2.75) is 43.8 Å². The third-order valence-corrected chi connectivity index (χ3v) is 7.91. The molecule has 38 heavy (non-hydrogen) atoms. The van der Waals surface area contributed by atoms with Crippen LogP contribution in [0.1, 0.15) is 31.4 Å². The van der Waals surface area contributed by atoms with Gasteiger partial charge in [0.2, 0.25) is 0 Å². The van der Waals surface area contributed by atoms with Crippen molar-refractivity contribution in [1.82, 2.24) is 20.1 Å². The summed E-state index contributed by atoms with van der Waals surface area (Å²) in [5.41, 5.74) is 16.5. The van der Waals surface area contributed by atoms with Crippen LogP contribution in [0.2, 0.25) is 0 Å². The van der Waals surface area contributed by atoms with E-state index in [1.165, 1.54) is 5.69 Å². The first-order valence-electron chi connectivity index (χ1n) is 13.4. The summed E-state index contributed by atoms with van der Waals surface area (Å²) in [6, 6.07) is 14.3. The Hall–Kier alpha value is -3.87. The number of nitrogens with two attached hydrogens (primary N) is 2. The number of likely N-dealkylation sites (tertiary alicyclic amines) is 1. The van der Waals surface area contributed by atoms with Gasteiger partial charge in [0.25, 0.3) is 0 Å². The summed E-state index contributed by atoms with van der Waals surface area (Å²) in [5.74, 6) is 7.17. The number of aromatic hydroxyl groups is 1. The van der Waals surface area contributed by atoms with Crippen LogP contribution in [0.3, 0.4) is 0 Å². The van der Waals surface area contributed by atoms with E-state index in [0.717, 1.165) is 69.8 Å². The average molecular weight is 511 g/mol. The summed E-state index contributed by atoms with van der Waals surface area (Å²) in [5, 5.41) is 18.8. The maximum absolute atomic E-state index is 10.3. The van der Waals surface area contributed by atoms with E-state index in [1.807, 2.05) is 24.4 Å². The normalized spacial score (nSPS) is 23.2. The lowest BCUT2D eigenvalue weighted by Crippen LogP contribution is -2.54. The first kappa shape index (κ1) is 24.5. The molecule has 0 saturated carbocycles. The van der Waals surface area contributed by atoms with Crippen LogP contribution in [0.25, 0.3) is 11.3 Å². The van der Waals surface area contributed by atoms with Crippen LogP contribution in [0.15, 0.2) is 48.7 Å². The van der Waals surface area contributed by atoms with E-state index in [-0.39, 0.29) is 11.8 Å². The van der Waals surface area contributed by atoms with Crippen molar-refractivity contribution >= 4 is 17.2 Å². The van der Waals surface area contributed by atoms with Crippen molar-refractivity contribution in [3.05, 3.63) is 54.4 Å². The van der Waals surface area contributed by atoms with Crippen molar-refractivity contribution in [1.29, 1.82) is 0 Å². The fraction of sp³-hybridized carbons (Fsp3) is 0.414. The molecule has 3 fully saturated rings. The van der Waals surface area contributed by atoms with Gasteiger partial charge in [-0.1, -0.05) is 18.1 Å². The van der Waals surface area contributed by atoms with Gasteiger partial charge in [0, 0.05) is 55.2 Å². The molecule has 2 aromatic heterocycles. The lowest BCUT2D eigenvalue weighted by Gasteiger charge is -2.43. The highest BCUT2D eigenvalue weighted by atomic mass is 16.3. The average Bonchev–Trinajstić information content (AvgIpc) is 3.19. The van der Waals surface area contributed by atoms with Gasteiger partial charge in [-0.3, -0.25) is 4.90 Å². The molecule has 0 amide bonds. The summed E-state index contributed by atoms with van der Waals surface area (Å²) in [6.45, 7) is 4.39. The molecule has 196 valence electrons. The number of fused-ring (bicyclic) bond motifs is 2. The van der Waals surface area contributed by atoms with Gasteiger partial charge in [0.1, 0.15) is 11.4 Å². The Bertz CT molecular complexity index is 1350. The Balaban J connectivity index is 1.18. The molecule has 3 atom stereocenters. The molecule has 0 radical (unpaired) electrons. The first-order valence-corrected chi connectivity index (χ1v) is 13.4. The molecule has 3 unspecified atom stereocenters. The van der Waals surface area contributed by atoms with E-state index in [1.54, 1.807) is 12.1 Å². The monoisotopic (exact) mass is 510 g/mol. The summed E-state index contributed by atoms with van der Waals surface area (Å²) < 4.78 is 0. The molecule has 2 bridgehead atoms. The predicted molar refractivity (Wildman–Crippen MR) is 150 cm³/mol. The van der Waals surface area contributed by atoms with Gasteiger partial charge in [-0.2, -0.15) is 0 Å². The Morgan fingerprint density at radius 3 is 2.61 bits per heavy atom. The molecular weight excluding hydrogens is 476 g/mol. The number of piperidine rings is 1. The predicted octanol–water partition coefficient (Wildman–Crippen LogP) is 2.46. The number of hydrogen-bond acceptors (Lipinski definition) is 9. The maximum atomic E-state index is 10.3. The molecule has 3 saturated heterocycles. The van der Waals surface area contributed by atoms with Crippen LogP contribution in [0.5, 0.6) is 5.75 Å². The highest BCUT2D eigenvalue weighted by molar-refractivity contribution is 5.74. The van der Waals surface area contributed by atoms with Crippen LogP contribution in [-0.4, -0.2) is 76.0 Å². The van der Waals surface area contributed by atoms with Gasteiger partial charge in [0.05, 0.1) is 17.9 Å². The second kappa shape index (κ2) is 10.5. The summed E-state index contributed by atoms with van der Waals surface area (Å²) >= 11 is 0. The van der Waals surface area contributed by atoms with E-state index in [4.69, 9.17) is 11.5 Å². The number of aromatic nitrogens is 3. The van der Waals surface area contributed by atoms with Gasteiger partial charge in [-0.25, -0.2) is 4.98 Å². The number of nitrogen functional groups attached to an aromatic ring is 1. The zero-order valence-corrected chi connectivity index (χ0v) is 21.5. The van der Waals surface area contributed by atoms with E-state index >= 15 is 0 Å². The zero-order valence-electron chi connectivity index (χ0n) is 21.5. The fourth-order valence-electron chi connectivity index (χ4n) is 6.11. The van der Waals surface area contributed by atoms with Crippen molar-refractivity contribution in [2.24, 2.45) is 5.73 Å². The molecule has 9 heteroatoms. The summed E-state index contributed by atoms with van der Waals surface area (Å²) in [7, 11) is 0. The molecule has 6 rings (SSSR count). The second-order valence-corrected chi connectivity index (χ2v) is 10.6. The quantitative estimate of drug-likeness (QED) is 0.455. The van der Waals surface area contributed by atoms with Crippen LogP contribution in [0.4, 0.5) is 17.2 Å². The number of phenols is 1. The van der Waals surface area contributed by atoms with Gasteiger partial charge < -0.3 is 26.4 Å². The molecular formula is C29H34N8O. The van der Waals surface area contributed by atoms with Crippen LogP contribution in [0, 0.1) is 11.8 Å². The van der Waals surface area contributed by atoms with Gasteiger partial charge in [-0.05, 0) is 68.5 Å². The Kier molecular flexibility index (Phi) is 6.75. The number of hydrogen-bond donors (Lipinski definition) is 3. The number of pyridine rings is 1. The lowest BCUT2D eigenvalue weighted by atomic mass is 10.1. The highest BCUT2D eigenvalue weighted by Crippen LogP contribution is 2.38. The van der Waals surface area contributed by atoms with Crippen molar-refractivity contribution in [3.63, 3.8) is 0 Å². The molecule has 1 aromatic carbocycles. The lowest BCUT2D eigenvalue weighted by molar-refractivity contribution is 0.232. The van der Waals surface area contributed by atoms with Crippen molar-refractivity contribution < 1.29 is 5.11 Å².